The fourth-order valence-electron chi connectivity index (χ4n) is 4.34. The molecule has 10 heteroatoms. The predicted octanol–water partition coefficient (Wildman–Crippen LogP) is 2.24. The van der Waals surface area contributed by atoms with Gasteiger partial charge >= 0.3 is 0 Å². The van der Waals surface area contributed by atoms with Crippen molar-refractivity contribution in [2.75, 3.05) is 0 Å². The van der Waals surface area contributed by atoms with Gasteiger partial charge in [0.15, 0.2) is 16.7 Å². The van der Waals surface area contributed by atoms with E-state index in [1.54, 1.807) is 38.1 Å². The Labute approximate surface area is 194 Å². The minimum absolute atomic E-state index is 0.133. The molecule has 2 N–H and O–H groups in total. The third kappa shape index (κ3) is 4.48. The molecule has 8 nitrogen and oxygen atoms in total. The van der Waals surface area contributed by atoms with E-state index in [2.05, 4.69) is 0 Å². The van der Waals surface area contributed by atoms with Gasteiger partial charge in [0.1, 0.15) is 12.2 Å². The van der Waals surface area contributed by atoms with E-state index >= 15 is 0 Å². The van der Waals surface area contributed by atoms with E-state index in [1.165, 1.54) is 24.3 Å². The molecule has 1 aliphatic heterocycles. The van der Waals surface area contributed by atoms with Crippen molar-refractivity contribution >= 4 is 19.7 Å². The molecule has 1 aliphatic carbocycles. The monoisotopic (exact) mass is 496 g/mol. The summed E-state index contributed by atoms with van der Waals surface area (Å²) in [5.41, 5.74) is -2.58. The molecule has 1 saturated carbocycles. The predicted molar refractivity (Wildman–Crippen MR) is 120 cm³/mol. The fraction of sp³-hybridized carbons (Fsp3) is 0.478. The summed E-state index contributed by atoms with van der Waals surface area (Å²) in [6.07, 6.45) is -0.889. The molecule has 0 amide bonds. The fourth-order valence-corrected chi connectivity index (χ4v) is 7.05. The molecule has 180 valence electrons. The van der Waals surface area contributed by atoms with Crippen LogP contribution in [0.1, 0.15) is 36.8 Å². The maximum atomic E-state index is 13.1. The van der Waals surface area contributed by atoms with Gasteiger partial charge in [0.2, 0.25) is 19.7 Å². The molecular formula is C23H28O8S2. The Morgan fingerprint density at radius 3 is 1.39 bits per heavy atom. The number of rotatable bonds is 6. The van der Waals surface area contributed by atoms with Crippen LogP contribution in [0.2, 0.25) is 0 Å². The number of aliphatic hydroxyl groups excluding tert-OH is 2. The highest BCUT2D eigenvalue weighted by atomic mass is 32.2. The zero-order valence-corrected chi connectivity index (χ0v) is 20.1. The molecule has 2 fully saturated rings. The third-order valence-electron chi connectivity index (χ3n) is 6.29. The van der Waals surface area contributed by atoms with Crippen molar-refractivity contribution in [3.05, 3.63) is 59.7 Å². The van der Waals surface area contributed by atoms with Crippen LogP contribution in [0.25, 0.3) is 0 Å². The lowest BCUT2D eigenvalue weighted by molar-refractivity contribution is -0.176. The van der Waals surface area contributed by atoms with Gasteiger partial charge in [-0.1, -0.05) is 35.4 Å². The molecule has 33 heavy (non-hydrogen) atoms. The Bertz CT molecular complexity index is 1110. The van der Waals surface area contributed by atoms with E-state index in [9.17, 15) is 27.0 Å². The van der Waals surface area contributed by atoms with Gasteiger partial charge in [0.05, 0.1) is 9.79 Å². The molecular weight excluding hydrogens is 468 g/mol. The van der Waals surface area contributed by atoms with Crippen LogP contribution in [-0.4, -0.2) is 55.9 Å². The summed E-state index contributed by atoms with van der Waals surface area (Å²) in [5.74, 6) is -1.23. The van der Waals surface area contributed by atoms with Gasteiger partial charge in [-0.15, -0.1) is 0 Å². The molecule has 0 radical (unpaired) electrons. The molecule has 2 unspecified atom stereocenters. The average Bonchev–Trinajstić information content (AvgIpc) is 3.40. The second-order valence-corrected chi connectivity index (χ2v) is 12.9. The first kappa shape index (κ1) is 24.3. The SMILES string of the molecule is Cc1ccc(S(=O)(=O)C(O)[C@@H]2OC3(CCCC3)O[C@H]2C(O)S(=O)(=O)c2ccc(C)cc2)cc1. The first-order valence-corrected chi connectivity index (χ1v) is 13.9. The van der Waals surface area contributed by atoms with Crippen molar-refractivity contribution in [2.24, 2.45) is 0 Å². The lowest BCUT2D eigenvalue weighted by Gasteiger charge is -2.25. The van der Waals surface area contributed by atoms with Crippen LogP contribution in [0.4, 0.5) is 0 Å². The van der Waals surface area contributed by atoms with Gasteiger partial charge < -0.3 is 19.7 Å². The Hall–Kier alpha value is -1.82. The van der Waals surface area contributed by atoms with Crippen LogP contribution in [0.5, 0.6) is 0 Å². The van der Waals surface area contributed by atoms with Crippen molar-refractivity contribution < 1.29 is 36.5 Å². The summed E-state index contributed by atoms with van der Waals surface area (Å²) in [7, 11) is -8.65. The van der Waals surface area contributed by atoms with E-state index < -0.39 is 48.5 Å². The zero-order valence-electron chi connectivity index (χ0n) is 18.4. The van der Waals surface area contributed by atoms with Crippen LogP contribution in [0.3, 0.4) is 0 Å². The topological polar surface area (TPSA) is 127 Å². The molecule has 0 aromatic heterocycles. The summed E-state index contributed by atoms with van der Waals surface area (Å²) in [4.78, 5) is -0.266. The molecule has 0 bridgehead atoms. The van der Waals surface area contributed by atoms with Crippen LogP contribution in [0.15, 0.2) is 58.3 Å². The van der Waals surface area contributed by atoms with E-state index in [1.807, 2.05) is 0 Å². The van der Waals surface area contributed by atoms with Gasteiger partial charge in [0, 0.05) is 12.8 Å². The van der Waals surface area contributed by atoms with Crippen LogP contribution < -0.4 is 0 Å². The van der Waals surface area contributed by atoms with Crippen LogP contribution in [-0.2, 0) is 29.1 Å². The maximum absolute atomic E-state index is 13.1. The van der Waals surface area contributed by atoms with Gasteiger partial charge in [-0.05, 0) is 51.0 Å². The van der Waals surface area contributed by atoms with E-state index in [0.29, 0.717) is 12.8 Å². The van der Waals surface area contributed by atoms with Crippen molar-refractivity contribution in [3.63, 3.8) is 0 Å². The highest BCUT2D eigenvalue weighted by molar-refractivity contribution is 7.92. The van der Waals surface area contributed by atoms with Crippen molar-refractivity contribution in [1.82, 2.24) is 0 Å². The summed E-state index contributed by atoms with van der Waals surface area (Å²) in [6.45, 7) is 3.60. The summed E-state index contributed by atoms with van der Waals surface area (Å²) in [5, 5.41) is 21.9. The normalized spacial score (nSPS) is 24.7. The Morgan fingerprint density at radius 1 is 0.727 bits per heavy atom. The number of sulfone groups is 2. The first-order valence-electron chi connectivity index (χ1n) is 10.8. The standard InChI is InChI=1S/C23H28O8S2/c1-15-5-9-17(10-6-15)32(26,27)21(24)19-20(31-23(30-19)13-3-4-14-23)22(25)33(28,29)18-11-7-16(2)8-12-18/h5-12,19-22,24-25H,3-4,13-14H2,1-2H3/t19-,20-,21?,22?/m1/s1. The highest BCUT2D eigenvalue weighted by Crippen LogP contribution is 2.45. The largest absolute Gasteiger partial charge is 0.375 e. The van der Waals surface area contributed by atoms with E-state index in [4.69, 9.17) is 9.47 Å². The lowest BCUT2D eigenvalue weighted by atomic mass is 10.2. The van der Waals surface area contributed by atoms with Gasteiger partial charge in [-0.25, -0.2) is 16.8 Å². The average molecular weight is 497 g/mol. The van der Waals surface area contributed by atoms with E-state index in [-0.39, 0.29) is 9.79 Å². The van der Waals surface area contributed by atoms with Crippen molar-refractivity contribution in [3.8, 4) is 0 Å². The number of aryl methyl sites for hydroxylation is 2. The minimum Gasteiger partial charge on any atom is -0.375 e. The van der Waals surface area contributed by atoms with Gasteiger partial charge in [0.25, 0.3) is 0 Å². The molecule has 4 atom stereocenters. The zero-order chi connectivity index (χ0) is 24.0. The number of ether oxygens (including phenoxy) is 2. The van der Waals surface area contributed by atoms with Crippen LogP contribution in [0, 0.1) is 13.8 Å². The smallest absolute Gasteiger partial charge is 0.207 e. The lowest BCUT2D eigenvalue weighted by Crippen LogP contribution is -2.48. The molecule has 1 spiro atoms. The summed E-state index contributed by atoms with van der Waals surface area (Å²) >= 11 is 0. The molecule has 1 saturated heterocycles. The molecule has 1 heterocycles. The maximum Gasteiger partial charge on any atom is 0.207 e. The second kappa shape index (κ2) is 8.75. The summed E-state index contributed by atoms with van der Waals surface area (Å²) < 4.78 is 64.4. The Balaban J connectivity index is 1.70. The van der Waals surface area contributed by atoms with E-state index in [0.717, 1.165) is 24.0 Å². The minimum atomic E-state index is -4.32. The molecule has 4 rings (SSSR count). The summed E-state index contributed by atoms with van der Waals surface area (Å²) in [6, 6.07) is 11.8. The van der Waals surface area contributed by atoms with Crippen LogP contribution >= 0.6 is 0 Å². The van der Waals surface area contributed by atoms with Crippen molar-refractivity contribution in [2.45, 2.75) is 78.2 Å². The Morgan fingerprint density at radius 2 is 1.06 bits per heavy atom. The Kier molecular flexibility index (Phi) is 6.45. The van der Waals surface area contributed by atoms with Gasteiger partial charge in [-0.3, -0.25) is 0 Å². The quantitative estimate of drug-likeness (QED) is 0.623. The molecule has 2 aromatic rings. The van der Waals surface area contributed by atoms with Gasteiger partial charge in [-0.2, -0.15) is 0 Å². The number of hydrogen-bond donors (Lipinski definition) is 2. The molecule has 2 aromatic carbocycles. The first-order chi connectivity index (χ1) is 15.5. The second-order valence-electron chi connectivity index (χ2n) is 8.78. The molecule has 2 aliphatic rings. The van der Waals surface area contributed by atoms with Crippen molar-refractivity contribution in [1.29, 1.82) is 0 Å². The number of aliphatic hydroxyl groups is 2. The number of benzene rings is 2. The highest BCUT2D eigenvalue weighted by Gasteiger charge is 2.58. The number of hydrogen-bond acceptors (Lipinski definition) is 8. The third-order valence-corrected chi connectivity index (χ3v) is 9.95.